The zero-order chi connectivity index (χ0) is 14.5. The maximum Gasteiger partial charge on any atom is 0.136 e. The van der Waals surface area contributed by atoms with E-state index in [0.29, 0.717) is 17.9 Å². The van der Waals surface area contributed by atoms with Crippen LogP contribution in [0, 0.1) is 25.2 Å². The van der Waals surface area contributed by atoms with Gasteiger partial charge in [0, 0.05) is 6.54 Å². The summed E-state index contributed by atoms with van der Waals surface area (Å²) in [5.41, 5.74) is 9.65. The first kappa shape index (κ1) is 14.1. The normalized spacial score (nSPS) is 11.7. The Morgan fingerprint density at radius 1 is 1.15 bits per heavy atom. The topological polar surface area (TPSA) is 59.0 Å². The zero-order valence-corrected chi connectivity index (χ0v) is 11.8. The number of rotatable bonds is 4. The highest BCUT2D eigenvalue weighted by molar-refractivity contribution is 5.42. The molecule has 2 rings (SSSR count). The van der Waals surface area contributed by atoms with Crippen molar-refractivity contribution in [3.63, 3.8) is 0 Å². The van der Waals surface area contributed by atoms with Gasteiger partial charge in [0.25, 0.3) is 0 Å². The minimum absolute atomic E-state index is 0.205. The molecule has 0 aliphatic carbocycles. The van der Waals surface area contributed by atoms with E-state index in [1.54, 1.807) is 12.1 Å². The van der Waals surface area contributed by atoms with Crippen molar-refractivity contribution in [2.75, 3.05) is 6.54 Å². The lowest BCUT2D eigenvalue weighted by Gasteiger charge is -2.19. The summed E-state index contributed by atoms with van der Waals surface area (Å²) in [6.45, 7) is 4.39. The molecule has 2 aromatic rings. The van der Waals surface area contributed by atoms with E-state index in [9.17, 15) is 0 Å². The molecule has 0 aromatic heterocycles. The lowest BCUT2D eigenvalue weighted by Crippen LogP contribution is -2.18. The Bertz CT molecular complexity index is 626. The largest absolute Gasteiger partial charge is 0.484 e. The van der Waals surface area contributed by atoms with Gasteiger partial charge in [-0.2, -0.15) is 5.26 Å². The molecular weight excluding hydrogens is 248 g/mol. The molecule has 0 saturated carbocycles. The monoisotopic (exact) mass is 266 g/mol. The second-order valence-electron chi connectivity index (χ2n) is 4.84. The van der Waals surface area contributed by atoms with Gasteiger partial charge >= 0.3 is 0 Å². The van der Waals surface area contributed by atoms with Gasteiger partial charge in [-0.3, -0.25) is 0 Å². The van der Waals surface area contributed by atoms with Crippen molar-refractivity contribution in [3.05, 3.63) is 64.7 Å². The van der Waals surface area contributed by atoms with Crippen LogP contribution in [-0.2, 0) is 0 Å². The van der Waals surface area contributed by atoms with E-state index in [1.807, 2.05) is 44.2 Å². The average molecular weight is 266 g/mol. The minimum Gasteiger partial charge on any atom is -0.484 e. The fourth-order valence-corrected chi connectivity index (χ4v) is 1.98. The molecule has 0 aliphatic rings. The second kappa shape index (κ2) is 6.23. The molecule has 3 nitrogen and oxygen atoms in total. The lowest BCUT2D eigenvalue weighted by atomic mass is 10.1. The van der Waals surface area contributed by atoms with E-state index in [-0.39, 0.29) is 6.10 Å². The third-order valence-electron chi connectivity index (χ3n) is 3.25. The van der Waals surface area contributed by atoms with Gasteiger partial charge in [0.1, 0.15) is 11.9 Å². The Hall–Kier alpha value is -2.31. The van der Waals surface area contributed by atoms with Gasteiger partial charge in [-0.25, -0.2) is 0 Å². The summed E-state index contributed by atoms with van der Waals surface area (Å²) in [6, 6.07) is 15.7. The van der Waals surface area contributed by atoms with E-state index < -0.39 is 0 Å². The highest BCUT2D eigenvalue weighted by atomic mass is 16.5. The summed E-state index contributed by atoms with van der Waals surface area (Å²) in [4.78, 5) is 0. The maximum absolute atomic E-state index is 8.96. The summed E-state index contributed by atoms with van der Waals surface area (Å²) in [5.74, 6) is 0.708. The Labute approximate surface area is 119 Å². The van der Waals surface area contributed by atoms with Crippen molar-refractivity contribution in [2.45, 2.75) is 20.0 Å². The van der Waals surface area contributed by atoms with Crippen molar-refractivity contribution in [1.82, 2.24) is 0 Å². The smallest absolute Gasteiger partial charge is 0.136 e. The van der Waals surface area contributed by atoms with Crippen LogP contribution in [0.5, 0.6) is 5.75 Å². The van der Waals surface area contributed by atoms with Gasteiger partial charge < -0.3 is 10.5 Å². The molecule has 0 bridgehead atoms. The summed E-state index contributed by atoms with van der Waals surface area (Å²) >= 11 is 0. The van der Waals surface area contributed by atoms with Gasteiger partial charge in [0.2, 0.25) is 0 Å². The number of aryl methyl sites for hydroxylation is 2. The summed E-state index contributed by atoms with van der Waals surface area (Å²) in [5, 5.41) is 8.96. The number of nitrogens with zero attached hydrogens (tertiary/aromatic N) is 1. The Balaban J connectivity index is 2.26. The highest BCUT2D eigenvalue weighted by Gasteiger charge is 2.13. The van der Waals surface area contributed by atoms with Crippen LogP contribution < -0.4 is 10.5 Å². The van der Waals surface area contributed by atoms with E-state index in [2.05, 4.69) is 6.07 Å². The summed E-state index contributed by atoms with van der Waals surface area (Å²) < 4.78 is 5.99. The molecule has 0 spiro atoms. The molecule has 1 atom stereocenters. The van der Waals surface area contributed by atoms with Crippen molar-refractivity contribution in [1.29, 1.82) is 5.26 Å². The third-order valence-corrected chi connectivity index (χ3v) is 3.25. The summed E-state index contributed by atoms with van der Waals surface area (Å²) in [7, 11) is 0. The van der Waals surface area contributed by atoms with Crippen LogP contribution >= 0.6 is 0 Å². The molecule has 1 unspecified atom stereocenters. The zero-order valence-electron chi connectivity index (χ0n) is 11.8. The van der Waals surface area contributed by atoms with Crippen molar-refractivity contribution in [3.8, 4) is 11.8 Å². The van der Waals surface area contributed by atoms with Crippen molar-refractivity contribution < 1.29 is 4.74 Å². The molecule has 3 heteroatoms. The third kappa shape index (κ3) is 3.17. The fraction of sp³-hybridized carbons (Fsp3) is 0.235. The molecule has 0 saturated heterocycles. The molecule has 0 aliphatic heterocycles. The molecule has 0 heterocycles. The fourth-order valence-electron chi connectivity index (χ4n) is 1.98. The van der Waals surface area contributed by atoms with Crippen LogP contribution in [0.4, 0.5) is 0 Å². The molecule has 2 N–H and O–H groups in total. The van der Waals surface area contributed by atoms with E-state index in [1.165, 1.54) is 5.56 Å². The first-order valence-electron chi connectivity index (χ1n) is 6.58. The maximum atomic E-state index is 8.96. The van der Waals surface area contributed by atoms with Crippen LogP contribution in [0.15, 0.2) is 42.5 Å². The first-order valence-corrected chi connectivity index (χ1v) is 6.58. The second-order valence-corrected chi connectivity index (χ2v) is 4.84. The van der Waals surface area contributed by atoms with Gasteiger partial charge in [0.15, 0.2) is 0 Å². The molecule has 20 heavy (non-hydrogen) atoms. The average Bonchev–Trinajstić information content (AvgIpc) is 2.47. The molecular formula is C17H18N2O. The number of benzene rings is 2. The van der Waals surface area contributed by atoms with E-state index in [4.69, 9.17) is 15.7 Å². The van der Waals surface area contributed by atoms with Gasteiger partial charge in [-0.1, -0.05) is 35.9 Å². The Morgan fingerprint density at radius 2 is 1.85 bits per heavy atom. The number of nitriles is 1. The van der Waals surface area contributed by atoms with Crippen LogP contribution in [0.2, 0.25) is 0 Å². The first-order chi connectivity index (χ1) is 9.63. The molecule has 102 valence electrons. The SMILES string of the molecule is Cc1ccc(C(CN)Oc2cc(C#N)ccc2C)cc1. The highest BCUT2D eigenvalue weighted by Crippen LogP contribution is 2.26. The number of hydrogen-bond acceptors (Lipinski definition) is 3. The number of nitrogens with two attached hydrogens (primary N) is 1. The quantitative estimate of drug-likeness (QED) is 0.924. The summed E-state index contributed by atoms with van der Waals surface area (Å²) in [6.07, 6.45) is -0.205. The predicted octanol–water partition coefficient (Wildman–Crippen LogP) is 3.25. The van der Waals surface area contributed by atoms with Crippen LogP contribution in [-0.4, -0.2) is 6.54 Å². The Morgan fingerprint density at radius 3 is 2.45 bits per heavy atom. The number of hydrogen-bond donors (Lipinski definition) is 1. The Kier molecular flexibility index (Phi) is 4.39. The van der Waals surface area contributed by atoms with Crippen LogP contribution in [0.1, 0.15) is 28.4 Å². The standard InChI is InChI=1S/C17H18N2O/c1-12-3-7-15(8-4-12)17(11-19)20-16-9-14(10-18)6-5-13(16)2/h3-9,17H,11,19H2,1-2H3. The van der Waals surface area contributed by atoms with Gasteiger partial charge in [0.05, 0.1) is 11.6 Å². The lowest BCUT2D eigenvalue weighted by molar-refractivity contribution is 0.212. The predicted molar refractivity (Wildman–Crippen MR) is 79.5 cm³/mol. The van der Waals surface area contributed by atoms with Gasteiger partial charge in [-0.05, 0) is 37.1 Å². The van der Waals surface area contributed by atoms with E-state index >= 15 is 0 Å². The van der Waals surface area contributed by atoms with E-state index in [0.717, 1.165) is 11.1 Å². The number of ether oxygens (including phenoxy) is 1. The van der Waals surface area contributed by atoms with Crippen LogP contribution in [0.25, 0.3) is 0 Å². The minimum atomic E-state index is -0.205. The molecule has 0 fully saturated rings. The molecule has 2 aromatic carbocycles. The van der Waals surface area contributed by atoms with Crippen molar-refractivity contribution in [2.24, 2.45) is 5.73 Å². The van der Waals surface area contributed by atoms with Crippen LogP contribution in [0.3, 0.4) is 0 Å². The molecule has 0 amide bonds. The molecule has 0 radical (unpaired) electrons. The van der Waals surface area contributed by atoms with Gasteiger partial charge in [-0.15, -0.1) is 0 Å². The van der Waals surface area contributed by atoms with Crippen molar-refractivity contribution >= 4 is 0 Å².